The Kier molecular flexibility index (Phi) is 6.49. The fourth-order valence-electron chi connectivity index (χ4n) is 5.47. The average Bonchev–Trinajstić information content (AvgIpc) is 3.24. The number of aryl methyl sites for hydroxylation is 1. The van der Waals surface area contributed by atoms with Gasteiger partial charge in [-0.3, -0.25) is 9.69 Å². The van der Waals surface area contributed by atoms with Crippen LogP contribution < -0.4 is 10.6 Å². The Balaban J connectivity index is 1.39. The van der Waals surface area contributed by atoms with Gasteiger partial charge in [-0.1, -0.05) is 12.2 Å². The molecule has 2 aliphatic rings. The molecule has 0 saturated carbocycles. The van der Waals surface area contributed by atoms with E-state index in [1.54, 1.807) is 6.07 Å². The Bertz CT molecular complexity index is 1350. The van der Waals surface area contributed by atoms with Gasteiger partial charge in [-0.05, 0) is 67.3 Å². The average molecular weight is 486 g/mol. The maximum Gasteiger partial charge on any atom is 0.150 e. The van der Waals surface area contributed by atoms with Crippen molar-refractivity contribution in [2.75, 3.05) is 37.3 Å². The Hall–Kier alpha value is -3.71. The fourth-order valence-corrected chi connectivity index (χ4v) is 5.47. The smallest absolute Gasteiger partial charge is 0.150 e. The van der Waals surface area contributed by atoms with Gasteiger partial charge in [0, 0.05) is 73.9 Å². The van der Waals surface area contributed by atoms with Crippen molar-refractivity contribution < 1.29 is 9.18 Å². The summed E-state index contributed by atoms with van der Waals surface area (Å²) in [4.78, 5) is 18.0. The normalized spacial score (nSPS) is 16.5. The Morgan fingerprint density at radius 3 is 2.69 bits per heavy atom. The number of nitrogens with zero attached hydrogens (tertiary/aromatic N) is 3. The van der Waals surface area contributed by atoms with E-state index in [1.807, 2.05) is 26.2 Å². The standard InChI is InChI=1S/C29H32FN5O/c1-18-13-20(17-36)14-25(30)28(18)21-8-11-35(12-9-21)19(2)26-15-24-23(7-10-32-29(24)34(26)4)22-5-6-27(31-3)33-16-22/h5-8,13-17,19,32H,9-12H2,1-4H3,(H,31,33). The van der Waals surface area contributed by atoms with Crippen molar-refractivity contribution in [3.8, 4) is 0 Å². The summed E-state index contributed by atoms with van der Waals surface area (Å²) in [5.74, 6) is 1.65. The van der Waals surface area contributed by atoms with Crippen LogP contribution in [0.15, 0.2) is 48.7 Å². The van der Waals surface area contributed by atoms with Crippen LogP contribution in [0.1, 0.15) is 57.7 Å². The summed E-state index contributed by atoms with van der Waals surface area (Å²) in [7, 11) is 3.98. The van der Waals surface area contributed by atoms with E-state index in [-0.39, 0.29) is 11.9 Å². The highest BCUT2D eigenvalue weighted by Gasteiger charge is 2.27. The third kappa shape index (κ3) is 4.24. The lowest BCUT2D eigenvalue weighted by Crippen LogP contribution is -2.32. The lowest BCUT2D eigenvalue weighted by molar-refractivity contribution is 0.112. The maximum absolute atomic E-state index is 14.8. The highest BCUT2D eigenvalue weighted by atomic mass is 19.1. The van der Waals surface area contributed by atoms with Crippen LogP contribution in [0, 0.1) is 12.7 Å². The summed E-state index contributed by atoms with van der Waals surface area (Å²) in [6.45, 7) is 6.45. The van der Waals surface area contributed by atoms with Gasteiger partial charge in [0.25, 0.3) is 0 Å². The second-order valence-electron chi connectivity index (χ2n) is 9.53. The van der Waals surface area contributed by atoms with Crippen molar-refractivity contribution in [3.05, 3.63) is 88.0 Å². The first-order valence-electron chi connectivity index (χ1n) is 12.4. The van der Waals surface area contributed by atoms with Gasteiger partial charge in [0.05, 0.1) is 0 Å². The number of nitrogens with one attached hydrogen (secondary N) is 2. The van der Waals surface area contributed by atoms with E-state index in [0.717, 1.165) is 54.4 Å². The summed E-state index contributed by atoms with van der Waals surface area (Å²) in [6, 6.07) is 9.67. The summed E-state index contributed by atoms with van der Waals surface area (Å²) >= 11 is 0. The molecule has 2 N–H and O–H groups in total. The van der Waals surface area contributed by atoms with E-state index in [1.165, 1.54) is 22.9 Å². The van der Waals surface area contributed by atoms with E-state index in [0.29, 0.717) is 17.4 Å². The van der Waals surface area contributed by atoms with Crippen molar-refractivity contribution in [1.29, 1.82) is 0 Å². The van der Waals surface area contributed by atoms with Crippen molar-refractivity contribution >= 4 is 29.1 Å². The number of benzene rings is 1. The monoisotopic (exact) mass is 485 g/mol. The summed E-state index contributed by atoms with van der Waals surface area (Å²) in [5.41, 5.74) is 7.55. The molecular weight excluding hydrogens is 453 g/mol. The van der Waals surface area contributed by atoms with Crippen LogP contribution >= 0.6 is 0 Å². The zero-order valence-electron chi connectivity index (χ0n) is 21.2. The molecule has 0 amide bonds. The lowest BCUT2D eigenvalue weighted by Gasteiger charge is -2.32. The highest BCUT2D eigenvalue weighted by molar-refractivity contribution is 5.88. The molecular formula is C29H32FN5O. The second kappa shape index (κ2) is 9.74. The van der Waals surface area contributed by atoms with E-state index in [9.17, 15) is 9.18 Å². The predicted molar refractivity (Wildman–Crippen MR) is 144 cm³/mol. The molecule has 0 fully saturated rings. The number of aldehydes is 1. The Labute approximate surface area is 211 Å². The minimum atomic E-state index is -0.317. The van der Waals surface area contributed by atoms with Crippen LogP contribution in [0.4, 0.5) is 16.0 Å². The molecule has 6 nitrogen and oxygen atoms in total. The number of carbonyl (C=O) groups is 1. The molecule has 1 aromatic carbocycles. The molecule has 1 unspecified atom stereocenters. The van der Waals surface area contributed by atoms with Gasteiger partial charge in [-0.2, -0.15) is 0 Å². The molecule has 1 atom stereocenters. The molecule has 186 valence electrons. The van der Waals surface area contributed by atoms with Gasteiger partial charge >= 0.3 is 0 Å². The van der Waals surface area contributed by atoms with E-state index >= 15 is 0 Å². The number of aromatic nitrogens is 2. The zero-order valence-corrected chi connectivity index (χ0v) is 21.2. The van der Waals surface area contributed by atoms with Crippen molar-refractivity contribution in [3.63, 3.8) is 0 Å². The van der Waals surface area contributed by atoms with Gasteiger partial charge in [0.1, 0.15) is 23.7 Å². The van der Waals surface area contributed by atoms with Gasteiger partial charge in [-0.15, -0.1) is 0 Å². The topological polar surface area (TPSA) is 62.2 Å². The molecule has 0 radical (unpaired) electrons. The summed E-state index contributed by atoms with van der Waals surface area (Å²) in [6.07, 6.45) is 7.73. The number of carbonyl (C=O) groups excluding carboxylic acids is 1. The Morgan fingerprint density at radius 1 is 1.22 bits per heavy atom. The number of pyridine rings is 1. The van der Waals surface area contributed by atoms with Crippen molar-refractivity contribution in [1.82, 2.24) is 14.5 Å². The number of hydrogen-bond donors (Lipinski definition) is 2. The molecule has 0 bridgehead atoms. The number of hydrogen-bond acceptors (Lipinski definition) is 5. The molecule has 3 aromatic rings. The van der Waals surface area contributed by atoms with Crippen LogP contribution in [0.25, 0.3) is 11.1 Å². The molecule has 2 aliphatic heterocycles. The summed E-state index contributed by atoms with van der Waals surface area (Å²) < 4.78 is 17.0. The maximum atomic E-state index is 14.8. The second-order valence-corrected chi connectivity index (χ2v) is 9.53. The van der Waals surface area contributed by atoms with Crippen molar-refractivity contribution in [2.24, 2.45) is 7.05 Å². The first-order valence-corrected chi connectivity index (χ1v) is 12.4. The zero-order chi connectivity index (χ0) is 25.4. The lowest BCUT2D eigenvalue weighted by atomic mass is 9.93. The largest absolute Gasteiger partial charge is 0.373 e. The van der Waals surface area contributed by atoms with Crippen LogP contribution in [0.3, 0.4) is 0 Å². The van der Waals surface area contributed by atoms with Crippen LogP contribution in [-0.2, 0) is 7.05 Å². The van der Waals surface area contributed by atoms with Crippen LogP contribution in [-0.4, -0.2) is 47.4 Å². The van der Waals surface area contributed by atoms with Gasteiger partial charge in [-0.25, -0.2) is 9.37 Å². The predicted octanol–water partition coefficient (Wildman–Crippen LogP) is 5.43. The van der Waals surface area contributed by atoms with Gasteiger partial charge in [0.2, 0.25) is 0 Å². The minimum absolute atomic E-state index is 0.189. The van der Waals surface area contributed by atoms with E-state index < -0.39 is 0 Å². The minimum Gasteiger partial charge on any atom is -0.373 e. The van der Waals surface area contributed by atoms with Gasteiger partial charge in [0.15, 0.2) is 0 Å². The molecule has 2 aromatic heterocycles. The van der Waals surface area contributed by atoms with Gasteiger partial charge < -0.3 is 15.2 Å². The Morgan fingerprint density at radius 2 is 2.06 bits per heavy atom. The molecule has 0 spiro atoms. The number of fused-ring (bicyclic) bond motifs is 1. The number of anilines is 2. The number of halogens is 1. The quantitative estimate of drug-likeness (QED) is 0.456. The molecule has 4 heterocycles. The molecule has 5 rings (SSSR count). The summed E-state index contributed by atoms with van der Waals surface area (Å²) in [5, 5.41) is 6.61. The molecule has 36 heavy (non-hydrogen) atoms. The third-order valence-corrected chi connectivity index (χ3v) is 7.45. The first kappa shape index (κ1) is 24.0. The highest BCUT2D eigenvalue weighted by Crippen LogP contribution is 2.38. The third-order valence-electron chi connectivity index (χ3n) is 7.45. The number of rotatable bonds is 6. The van der Waals surface area contributed by atoms with Crippen LogP contribution in [0.5, 0.6) is 0 Å². The molecule has 0 saturated heterocycles. The van der Waals surface area contributed by atoms with E-state index in [2.05, 4.69) is 63.3 Å². The van der Waals surface area contributed by atoms with Crippen LogP contribution in [0.2, 0.25) is 0 Å². The SMILES string of the molecule is CNc1ccc(C2=CCNc3c2cc(C(C)N2CC=C(c4c(C)cc(C=O)cc4F)CC2)n3C)cn1. The molecule has 0 aliphatic carbocycles. The van der Waals surface area contributed by atoms with E-state index in [4.69, 9.17) is 0 Å². The fraction of sp³-hybridized carbons (Fsp3) is 0.310. The molecule has 7 heteroatoms. The van der Waals surface area contributed by atoms with Crippen molar-refractivity contribution in [2.45, 2.75) is 26.3 Å². The first-order chi connectivity index (χ1) is 17.4.